The molecular weight excluding hydrogens is 254 g/mol. The van der Waals surface area contributed by atoms with Gasteiger partial charge in [0, 0.05) is 18.5 Å². The van der Waals surface area contributed by atoms with Crippen molar-refractivity contribution >= 4 is 5.91 Å². The van der Waals surface area contributed by atoms with Crippen molar-refractivity contribution in [3.05, 3.63) is 42.2 Å². The van der Waals surface area contributed by atoms with Crippen LogP contribution in [0, 0.1) is 0 Å². The number of rotatable bonds is 6. The molecule has 1 aromatic heterocycles. The number of nitrogens with one attached hydrogen (secondary N) is 1. The Hall–Kier alpha value is -2.21. The summed E-state index contributed by atoms with van der Waals surface area (Å²) in [7, 11) is 0. The fraction of sp³-hybridized carbons (Fsp3) is 0.357. The van der Waals surface area contributed by atoms with Gasteiger partial charge in [0.1, 0.15) is 0 Å². The zero-order valence-corrected chi connectivity index (χ0v) is 11.7. The minimum atomic E-state index is -0.359. The monoisotopic (exact) mass is 273 g/mol. The lowest BCUT2D eigenvalue weighted by Gasteiger charge is -2.24. The lowest BCUT2D eigenvalue weighted by Crippen LogP contribution is -2.42. The number of nitrogens with zero attached hydrogens (tertiary/aromatic N) is 3. The Labute approximate surface area is 118 Å². The fourth-order valence-corrected chi connectivity index (χ4v) is 1.89. The van der Waals surface area contributed by atoms with Crippen LogP contribution in [0.3, 0.4) is 0 Å². The van der Waals surface area contributed by atoms with E-state index in [0.717, 1.165) is 11.4 Å². The van der Waals surface area contributed by atoms with Gasteiger partial charge in [-0.25, -0.2) is 0 Å². The molecule has 2 rings (SSSR count). The van der Waals surface area contributed by atoms with Gasteiger partial charge in [0.25, 0.3) is 0 Å². The van der Waals surface area contributed by atoms with Crippen LogP contribution >= 0.6 is 0 Å². The van der Waals surface area contributed by atoms with Gasteiger partial charge in [-0.3, -0.25) is 4.79 Å². The van der Waals surface area contributed by atoms with Crippen LogP contribution in [0.15, 0.2) is 36.5 Å². The average Bonchev–Trinajstić information content (AvgIpc) is 2.85. The van der Waals surface area contributed by atoms with Crippen molar-refractivity contribution in [2.24, 2.45) is 5.73 Å². The summed E-state index contributed by atoms with van der Waals surface area (Å²) in [6.07, 6.45) is 1.99. The summed E-state index contributed by atoms with van der Waals surface area (Å²) < 4.78 is 0. The molecule has 1 aromatic carbocycles. The van der Waals surface area contributed by atoms with Crippen LogP contribution in [0.5, 0.6) is 0 Å². The fourth-order valence-electron chi connectivity index (χ4n) is 1.89. The Balaban J connectivity index is 1.99. The molecule has 0 fully saturated rings. The van der Waals surface area contributed by atoms with Gasteiger partial charge in [-0.2, -0.15) is 15.0 Å². The van der Waals surface area contributed by atoms with E-state index in [1.165, 1.54) is 0 Å². The molecule has 0 unspecified atom stereocenters. The van der Waals surface area contributed by atoms with Crippen molar-refractivity contribution in [1.82, 2.24) is 20.3 Å². The molecule has 20 heavy (non-hydrogen) atoms. The topological polar surface area (TPSA) is 85.8 Å². The van der Waals surface area contributed by atoms with Crippen LogP contribution in [0.25, 0.3) is 5.69 Å². The van der Waals surface area contributed by atoms with Crippen molar-refractivity contribution in [1.29, 1.82) is 0 Å². The molecule has 106 valence electrons. The Morgan fingerprint density at radius 3 is 2.70 bits per heavy atom. The van der Waals surface area contributed by atoms with Crippen molar-refractivity contribution in [3.63, 3.8) is 0 Å². The molecule has 0 aliphatic carbocycles. The first-order valence-corrected chi connectivity index (χ1v) is 6.46. The Kier molecular flexibility index (Phi) is 4.14. The van der Waals surface area contributed by atoms with E-state index in [-0.39, 0.29) is 17.9 Å². The van der Waals surface area contributed by atoms with E-state index in [2.05, 4.69) is 15.5 Å². The van der Waals surface area contributed by atoms with Crippen LogP contribution in [-0.2, 0) is 11.3 Å². The number of nitrogens with two attached hydrogens (primary N) is 1. The van der Waals surface area contributed by atoms with E-state index in [0.29, 0.717) is 6.54 Å². The van der Waals surface area contributed by atoms with Gasteiger partial charge < -0.3 is 11.1 Å². The maximum Gasteiger partial charge on any atom is 0.219 e. The normalized spacial score (nSPS) is 11.5. The molecule has 1 heterocycles. The van der Waals surface area contributed by atoms with Crippen LogP contribution in [0.4, 0.5) is 0 Å². The molecule has 0 spiro atoms. The quantitative estimate of drug-likeness (QED) is 0.822. The Morgan fingerprint density at radius 2 is 2.05 bits per heavy atom. The van der Waals surface area contributed by atoms with E-state index in [1.807, 2.05) is 44.2 Å². The Bertz CT molecular complexity index is 576. The van der Waals surface area contributed by atoms with Gasteiger partial charge in [-0.15, -0.1) is 0 Å². The van der Waals surface area contributed by atoms with Gasteiger partial charge >= 0.3 is 0 Å². The van der Waals surface area contributed by atoms with Crippen LogP contribution in [0.1, 0.15) is 26.0 Å². The summed E-state index contributed by atoms with van der Waals surface area (Å²) in [5.74, 6) is -0.324. The lowest BCUT2D eigenvalue weighted by molar-refractivity contribution is -0.119. The second kappa shape index (κ2) is 5.83. The number of hydrogen-bond acceptors (Lipinski definition) is 4. The molecule has 0 aliphatic rings. The predicted octanol–water partition coefficient (Wildman–Crippen LogP) is 1.01. The number of primary amides is 1. The zero-order valence-electron chi connectivity index (χ0n) is 11.7. The van der Waals surface area contributed by atoms with Crippen molar-refractivity contribution < 1.29 is 4.79 Å². The van der Waals surface area contributed by atoms with E-state index < -0.39 is 0 Å². The third-order valence-corrected chi connectivity index (χ3v) is 2.89. The van der Waals surface area contributed by atoms with E-state index in [1.54, 1.807) is 11.0 Å². The van der Waals surface area contributed by atoms with Gasteiger partial charge in [0.2, 0.25) is 5.91 Å². The van der Waals surface area contributed by atoms with E-state index in [9.17, 15) is 4.79 Å². The first kappa shape index (κ1) is 14.2. The van der Waals surface area contributed by atoms with Crippen molar-refractivity contribution in [2.45, 2.75) is 32.4 Å². The molecular formula is C14H19N5O. The molecule has 1 amide bonds. The van der Waals surface area contributed by atoms with E-state index in [4.69, 9.17) is 5.73 Å². The van der Waals surface area contributed by atoms with Crippen LogP contribution in [-0.4, -0.2) is 26.4 Å². The number of aromatic nitrogens is 3. The van der Waals surface area contributed by atoms with E-state index >= 15 is 0 Å². The summed E-state index contributed by atoms with van der Waals surface area (Å²) in [5, 5.41) is 11.9. The molecule has 2 aromatic rings. The van der Waals surface area contributed by atoms with Gasteiger partial charge in [-0.1, -0.05) is 18.2 Å². The van der Waals surface area contributed by atoms with Crippen molar-refractivity contribution in [2.75, 3.05) is 0 Å². The third-order valence-electron chi connectivity index (χ3n) is 2.89. The summed E-state index contributed by atoms with van der Waals surface area (Å²) in [5.41, 5.74) is 6.58. The number of amides is 1. The molecule has 0 bridgehead atoms. The van der Waals surface area contributed by atoms with Gasteiger partial charge in [0.05, 0.1) is 17.6 Å². The summed E-state index contributed by atoms with van der Waals surface area (Å²) in [4.78, 5) is 12.5. The minimum Gasteiger partial charge on any atom is -0.370 e. The second-order valence-corrected chi connectivity index (χ2v) is 5.34. The zero-order chi connectivity index (χ0) is 14.6. The molecule has 6 nitrogen and oxygen atoms in total. The minimum absolute atomic E-state index is 0.278. The second-order valence-electron chi connectivity index (χ2n) is 5.34. The summed E-state index contributed by atoms with van der Waals surface area (Å²) in [6, 6.07) is 9.70. The number of carbonyl (C=O) groups is 1. The third kappa shape index (κ3) is 3.89. The van der Waals surface area contributed by atoms with Gasteiger partial charge in [-0.05, 0) is 26.0 Å². The highest BCUT2D eigenvalue weighted by molar-refractivity contribution is 5.74. The highest BCUT2D eigenvalue weighted by Crippen LogP contribution is 2.09. The molecule has 0 aliphatic heterocycles. The molecule has 3 N–H and O–H groups in total. The largest absolute Gasteiger partial charge is 0.370 e. The SMILES string of the molecule is CC(C)(CC(N)=O)NCc1cnn(-c2ccccc2)n1. The summed E-state index contributed by atoms with van der Waals surface area (Å²) in [6.45, 7) is 4.39. The number of carbonyl (C=O) groups excluding carboxylic acids is 1. The van der Waals surface area contributed by atoms with Crippen LogP contribution < -0.4 is 11.1 Å². The highest BCUT2D eigenvalue weighted by Gasteiger charge is 2.20. The molecule has 0 atom stereocenters. The maximum atomic E-state index is 11.0. The first-order chi connectivity index (χ1) is 9.46. The molecule has 0 saturated heterocycles. The first-order valence-electron chi connectivity index (χ1n) is 6.46. The number of para-hydroxylation sites is 1. The number of benzene rings is 1. The summed E-state index contributed by atoms with van der Waals surface area (Å²) >= 11 is 0. The van der Waals surface area contributed by atoms with Crippen molar-refractivity contribution in [3.8, 4) is 5.69 Å². The lowest BCUT2D eigenvalue weighted by atomic mass is 10.0. The Morgan fingerprint density at radius 1 is 1.35 bits per heavy atom. The van der Waals surface area contributed by atoms with Crippen LogP contribution in [0.2, 0.25) is 0 Å². The smallest absolute Gasteiger partial charge is 0.219 e. The van der Waals surface area contributed by atoms with Gasteiger partial charge in [0.15, 0.2) is 0 Å². The molecule has 0 radical (unpaired) electrons. The number of hydrogen-bond donors (Lipinski definition) is 2. The molecule has 6 heteroatoms. The average molecular weight is 273 g/mol. The molecule has 0 saturated carbocycles. The predicted molar refractivity (Wildman–Crippen MR) is 76.1 cm³/mol. The highest BCUT2D eigenvalue weighted by atomic mass is 16.1. The standard InChI is InChI=1S/C14H19N5O/c1-14(2,8-13(15)20)16-9-11-10-17-19(18-11)12-6-4-3-5-7-12/h3-7,10,16H,8-9H2,1-2H3,(H2,15,20). The maximum absolute atomic E-state index is 11.0.